The van der Waals surface area contributed by atoms with Gasteiger partial charge in [0.1, 0.15) is 5.75 Å². The molecule has 0 spiro atoms. The average Bonchev–Trinajstić information content (AvgIpc) is 3.24. The summed E-state index contributed by atoms with van der Waals surface area (Å²) in [5.41, 5.74) is 4.67. The van der Waals surface area contributed by atoms with Gasteiger partial charge in [-0.1, -0.05) is 18.2 Å². The topological polar surface area (TPSA) is 65.0 Å². The van der Waals surface area contributed by atoms with E-state index in [2.05, 4.69) is 55.2 Å². The van der Waals surface area contributed by atoms with Gasteiger partial charge < -0.3 is 9.47 Å². The van der Waals surface area contributed by atoms with E-state index >= 15 is 0 Å². The molecule has 0 unspecified atom stereocenters. The van der Waals surface area contributed by atoms with Crippen molar-refractivity contribution in [1.82, 2.24) is 20.0 Å². The normalized spacial score (nSPS) is 14.4. The molecule has 1 aliphatic rings. The second-order valence-electron chi connectivity index (χ2n) is 8.79. The van der Waals surface area contributed by atoms with Crippen molar-refractivity contribution in [3.8, 4) is 22.7 Å². The van der Waals surface area contributed by atoms with Gasteiger partial charge in [-0.3, -0.25) is 5.10 Å². The summed E-state index contributed by atoms with van der Waals surface area (Å²) in [6.45, 7) is 6.60. The second-order valence-corrected chi connectivity index (χ2v) is 8.79. The monoisotopic (exact) mass is 402 g/mol. The van der Waals surface area contributed by atoms with E-state index in [1.54, 1.807) is 0 Å². The maximum atomic E-state index is 6.02. The summed E-state index contributed by atoms with van der Waals surface area (Å²) in [7, 11) is 0. The molecule has 2 heterocycles. The Labute approximate surface area is 175 Å². The Morgan fingerprint density at radius 2 is 1.93 bits per heavy atom. The van der Waals surface area contributed by atoms with Gasteiger partial charge in [0.25, 0.3) is 0 Å². The zero-order valence-corrected chi connectivity index (χ0v) is 17.6. The average molecular weight is 402 g/mol. The molecule has 0 radical (unpaired) electrons. The van der Waals surface area contributed by atoms with E-state index in [4.69, 9.17) is 14.6 Å². The minimum Gasteiger partial charge on any atom is -0.490 e. The van der Waals surface area contributed by atoms with Gasteiger partial charge in [0, 0.05) is 10.9 Å². The number of nitrogens with one attached hydrogen (secondary N) is 1. The number of ether oxygens (including phenoxy) is 2. The first-order valence-corrected chi connectivity index (χ1v) is 10.4. The lowest BCUT2D eigenvalue weighted by molar-refractivity contribution is -0.0165. The third-order valence-corrected chi connectivity index (χ3v) is 5.06. The summed E-state index contributed by atoms with van der Waals surface area (Å²) in [5, 5.41) is 13.2. The molecule has 1 aliphatic carbocycles. The molecule has 0 aliphatic heterocycles. The molecule has 154 valence electrons. The predicted molar refractivity (Wildman–Crippen MR) is 117 cm³/mol. The number of H-pyrrole nitrogens is 1. The van der Waals surface area contributed by atoms with Gasteiger partial charge in [-0.15, -0.1) is 0 Å². The molecule has 1 N–H and O–H groups in total. The summed E-state index contributed by atoms with van der Waals surface area (Å²) in [5.74, 6) is 0.900. The molecule has 6 nitrogen and oxygen atoms in total. The number of hydrogen-bond donors (Lipinski definition) is 1. The number of nitrogens with zero attached hydrogens (tertiary/aromatic N) is 3. The van der Waals surface area contributed by atoms with Crippen molar-refractivity contribution in [3.05, 3.63) is 60.4 Å². The van der Waals surface area contributed by atoms with Gasteiger partial charge in [0.15, 0.2) is 0 Å². The predicted octanol–water partition coefficient (Wildman–Crippen LogP) is 5.27. The highest BCUT2D eigenvalue weighted by Gasteiger charge is 2.24. The van der Waals surface area contributed by atoms with Crippen LogP contribution in [0, 0.1) is 0 Å². The van der Waals surface area contributed by atoms with Crippen LogP contribution in [0.25, 0.3) is 27.8 Å². The molecule has 0 saturated heterocycles. The number of benzene rings is 2. The van der Waals surface area contributed by atoms with Crippen molar-refractivity contribution < 1.29 is 9.47 Å². The Morgan fingerprint density at radius 1 is 1.10 bits per heavy atom. The Hall–Kier alpha value is -3.12. The molecule has 6 heteroatoms. The van der Waals surface area contributed by atoms with Gasteiger partial charge in [-0.25, -0.2) is 4.68 Å². The number of hydrogen-bond acceptors (Lipinski definition) is 4. The molecule has 1 fully saturated rings. The van der Waals surface area contributed by atoms with Crippen LogP contribution in [0.15, 0.2) is 54.7 Å². The zero-order valence-electron chi connectivity index (χ0n) is 17.6. The van der Waals surface area contributed by atoms with E-state index in [-0.39, 0.29) is 5.60 Å². The van der Waals surface area contributed by atoms with Crippen LogP contribution >= 0.6 is 0 Å². The minimum absolute atomic E-state index is 0.230. The maximum absolute atomic E-state index is 6.02. The molecule has 5 rings (SSSR count). The van der Waals surface area contributed by atoms with Crippen LogP contribution in [0.4, 0.5) is 0 Å². The van der Waals surface area contributed by atoms with Crippen LogP contribution < -0.4 is 4.74 Å². The molecule has 0 amide bonds. The molecule has 2 aromatic heterocycles. The summed E-state index contributed by atoms with van der Waals surface area (Å²) < 4.78 is 14.0. The van der Waals surface area contributed by atoms with E-state index in [0.29, 0.717) is 12.7 Å². The first-order valence-electron chi connectivity index (χ1n) is 10.4. The van der Waals surface area contributed by atoms with Crippen molar-refractivity contribution in [2.75, 3.05) is 0 Å². The van der Waals surface area contributed by atoms with Crippen LogP contribution in [-0.4, -0.2) is 31.7 Å². The number of fused-ring (bicyclic) bond motifs is 1. The quantitative estimate of drug-likeness (QED) is 0.477. The van der Waals surface area contributed by atoms with Gasteiger partial charge in [0.05, 0.1) is 47.1 Å². The van der Waals surface area contributed by atoms with E-state index in [1.165, 1.54) is 0 Å². The lowest BCUT2D eigenvalue weighted by Crippen LogP contribution is -2.18. The van der Waals surface area contributed by atoms with Crippen LogP contribution in [-0.2, 0) is 11.3 Å². The van der Waals surface area contributed by atoms with E-state index < -0.39 is 0 Å². The van der Waals surface area contributed by atoms with E-state index in [0.717, 1.165) is 52.1 Å². The summed E-state index contributed by atoms with van der Waals surface area (Å²) in [6.07, 6.45) is 4.48. The number of rotatable bonds is 6. The molecular weight excluding hydrogens is 376 g/mol. The second kappa shape index (κ2) is 7.29. The fraction of sp³-hybridized carbons (Fsp3) is 0.333. The maximum Gasteiger partial charge on any atom is 0.120 e. The number of aromatic nitrogens is 4. The van der Waals surface area contributed by atoms with Gasteiger partial charge >= 0.3 is 0 Å². The van der Waals surface area contributed by atoms with Crippen LogP contribution in [0.5, 0.6) is 5.75 Å². The third kappa shape index (κ3) is 3.96. The molecule has 2 aromatic carbocycles. The fourth-order valence-corrected chi connectivity index (χ4v) is 3.42. The molecule has 0 bridgehead atoms. The molecule has 30 heavy (non-hydrogen) atoms. The highest BCUT2D eigenvalue weighted by atomic mass is 16.5. The van der Waals surface area contributed by atoms with Crippen molar-refractivity contribution in [2.45, 2.75) is 51.9 Å². The summed E-state index contributed by atoms with van der Waals surface area (Å²) in [6, 6.07) is 16.4. The Morgan fingerprint density at radius 3 is 2.73 bits per heavy atom. The highest BCUT2D eigenvalue weighted by molar-refractivity contribution is 5.87. The number of aromatic amines is 1. The van der Waals surface area contributed by atoms with Crippen molar-refractivity contribution in [1.29, 1.82) is 0 Å². The highest BCUT2D eigenvalue weighted by Crippen LogP contribution is 2.32. The molecule has 1 saturated carbocycles. The van der Waals surface area contributed by atoms with Crippen molar-refractivity contribution in [3.63, 3.8) is 0 Å². The smallest absolute Gasteiger partial charge is 0.120 e. The Bertz CT molecular complexity index is 1180. The molecule has 4 aromatic rings. The van der Waals surface area contributed by atoms with Crippen molar-refractivity contribution in [2.24, 2.45) is 0 Å². The Balaban J connectivity index is 1.60. The zero-order chi connectivity index (χ0) is 20.7. The Kier molecular flexibility index (Phi) is 4.59. The first-order chi connectivity index (χ1) is 14.5. The van der Waals surface area contributed by atoms with Gasteiger partial charge in [-0.05, 0) is 63.9 Å². The molecule has 0 atom stereocenters. The largest absolute Gasteiger partial charge is 0.490 e. The lowest BCUT2D eigenvalue weighted by Gasteiger charge is -2.18. The van der Waals surface area contributed by atoms with Gasteiger partial charge in [0.2, 0.25) is 0 Å². The third-order valence-electron chi connectivity index (χ3n) is 5.06. The summed E-state index contributed by atoms with van der Waals surface area (Å²) >= 11 is 0. The van der Waals surface area contributed by atoms with Crippen LogP contribution in [0.2, 0.25) is 0 Å². The van der Waals surface area contributed by atoms with Crippen LogP contribution in [0.1, 0.15) is 39.3 Å². The van der Waals surface area contributed by atoms with Crippen LogP contribution in [0.3, 0.4) is 0 Å². The summed E-state index contributed by atoms with van der Waals surface area (Å²) in [4.78, 5) is 0. The lowest BCUT2D eigenvalue weighted by atomic mass is 10.1. The van der Waals surface area contributed by atoms with Crippen molar-refractivity contribution >= 4 is 10.9 Å². The fourth-order valence-electron chi connectivity index (χ4n) is 3.42. The standard InChI is InChI=1S/C24H26N4O2/c1-24(2,3)29-15-17-13-23(16-6-4-7-19(12-16)30-18-10-11-18)28(27-17)22-9-5-8-21-20(22)14-25-26-21/h4-9,12-14,18H,10-11,15H2,1-3H3,(H,25,26). The minimum atomic E-state index is -0.230. The SMILES string of the molecule is CC(C)(C)OCc1cc(-c2cccc(OC3CC3)c2)n(-c2cccc3[nH]ncc23)n1. The van der Waals surface area contributed by atoms with Gasteiger partial charge in [-0.2, -0.15) is 10.2 Å². The van der Waals surface area contributed by atoms with E-state index in [9.17, 15) is 0 Å². The molecular formula is C24H26N4O2. The van der Waals surface area contributed by atoms with E-state index in [1.807, 2.05) is 35.1 Å². The first kappa shape index (κ1) is 18.9.